The van der Waals surface area contributed by atoms with E-state index in [-0.39, 0.29) is 34.6 Å². The molecule has 0 unspecified atom stereocenters. The van der Waals surface area contributed by atoms with Crippen molar-refractivity contribution in [1.29, 1.82) is 0 Å². The lowest BCUT2D eigenvalue weighted by molar-refractivity contribution is -0.143. The first-order valence-corrected chi connectivity index (χ1v) is 10.2. The molecule has 31 heavy (non-hydrogen) atoms. The van der Waals surface area contributed by atoms with Gasteiger partial charge in [0.25, 0.3) is 17.7 Å². The van der Waals surface area contributed by atoms with Gasteiger partial charge >= 0.3 is 5.97 Å². The molecule has 3 aromatic rings. The van der Waals surface area contributed by atoms with E-state index in [1.165, 1.54) is 28.8 Å². The zero-order valence-corrected chi connectivity index (χ0v) is 17.1. The first-order chi connectivity index (χ1) is 14.9. The zero-order valence-electron chi connectivity index (χ0n) is 16.3. The molecule has 0 saturated carbocycles. The second-order valence-corrected chi connectivity index (χ2v) is 7.62. The minimum Gasteiger partial charge on any atom is -0.465 e. The number of nitrogens with zero attached hydrogens (tertiary/aromatic N) is 3. The third-order valence-electron chi connectivity index (χ3n) is 4.64. The van der Waals surface area contributed by atoms with E-state index in [4.69, 9.17) is 4.74 Å². The van der Waals surface area contributed by atoms with E-state index >= 15 is 0 Å². The third-order valence-corrected chi connectivity index (χ3v) is 5.68. The summed E-state index contributed by atoms with van der Waals surface area (Å²) in [5, 5.41) is 0. The average molecular weight is 441 g/mol. The summed E-state index contributed by atoms with van der Waals surface area (Å²) in [5.74, 6) is -3.12. The van der Waals surface area contributed by atoms with E-state index < -0.39 is 36.1 Å². The maximum absolute atomic E-state index is 14.4. The fraction of sp³-hybridized carbons (Fsp3) is 0.190. The molecule has 1 aromatic heterocycles. The van der Waals surface area contributed by atoms with Crippen molar-refractivity contribution in [3.8, 4) is 0 Å². The van der Waals surface area contributed by atoms with Crippen LogP contribution in [-0.2, 0) is 20.9 Å². The van der Waals surface area contributed by atoms with Crippen LogP contribution in [0.3, 0.4) is 0 Å². The predicted octanol–water partition coefficient (Wildman–Crippen LogP) is 2.13. The standard InChI is InChI=1S/C21H16FN3O5S/c1-2-30-17(27)11-24-18-14(22)8-5-9-15(18)31-21(24)23-16(26)10-25-19(28)12-6-3-4-7-13(12)20(25)29/h3-9H,2,10-11H2,1H3. The van der Waals surface area contributed by atoms with Crippen LogP contribution in [0.1, 0.15) is 27.6 Å². The Morgan fingerprint density at radius 3 is 2.35 bits per heavy atom. The number of esters is 1. The van der Waals surface area contributed by atoms with Gasteiger partial charge in [0.2, 0.25) is 0 Å². The van der Waals surface area contributed by atoms with Crippen molar-refractivity contribution in [2.75, 3.05) is 13.2 Å². The Morgan fingerprint density at radius 1 is 1.03 bits per heavy atom. The van der Waals surface area contributed by atoms with Crippen LogP contribution < -0.4 is 4.80 Å². The lowest BCUT2D eigenvalue weighted by Crippen LogP contribution is -2.35. The molecule has 4 rings (SSSR count). The predicted molar refractivity (Wildman–Crippen MR) is 109 cm³/mol. The highest BCUT2D eigenvalue weighted by molar-refractivity contribution is 7.16. The summed E-state index contributed by atoms with van der Waals surface area (Å²) in [6.07, 6.45) is 0. The number of carbonyl (C=O) groups excluding carboxylic acids is 4. The average Bonchev–Trinajstić information content (AvgIpc) is 3.19. The molecule has 0 fully saturated rings. The fourth-order valence-electron chi connectivity index (χ4n) is 3.31. The van der Waals surface area contributed by atoms with Crippen molar-refractivity contribution in [2.24, 2.45) is 4.99 Å². The minimum atomic E-state index is -0.779. The van der Waals surface area contributed by atoms with Crippen LogP contribution in [0.25, 0.3) is 10.2 Å². The maximum atomic E-state index is 14.4. The number of benzene rings is 2. The summed E-state index contributed by atoms with van der Waals surface area (Å²) in [4.78, 5) is 54.4. The number of halogens is 1. The molecule has 2 aromatic carbocycles. The molecule has 3 amide bonds. The molecule has 1 aliphatic heterocycles. The largest absolute Gasteiger partial charge is 0.465 e. The van der Waals surface area contributed by atoms with Gasteiger partial charge in [-0.1, -0.05) is 29.5 Å². The molecule has 0 bridgehead atoms. The summed E-state index contributed by atoms with van der Waals surface area (Å²) in [7, 11) is 0. The molecule has 158 valence electrons. The lowest BCUT2D eigenvalue weighted by Gasteiger charge is -2.10. The number of hydrogen-bond donors (Lipinski definition) is 0. The van der Waals surface area contributed by atoms with Gasteiger partial charge in [-0.05, 0) is 31.2 Å². The Labute approximate surface area is 179 Å². The molecule has 8 nitrogen and oxygen atoms in total. The summed E-state index contributed by atoms with van der Waals surface area (Å²) < 4.78 is 21.1. The summed E-state index contributed by atoms with van der Waals surface area (Å²) >= 11 is 1.01. The molecule has 1 aliphatic rings. The Hall–Kier alpha value is -3.66. The lowest BCUT2D eigenvalue weighted by atomic mass is 10.1. The van der Waals surface area contributed by atoms with Gasteiger partial charge in [0.05, 0.1) is 28.0 Å². The van der Waals surface area contributed by atoms with Crippen molar-refractivity contribution >= 4 is 45.2 Å². The van der Waals surface area contributed by atoms with E-state index in [9.17, 15) is 23.6 Å². The van der Waals surface area contributed by atoms with Crippen molar-refractivity contribution in [3.05, 3.63) is 64.2 Å². The number of rotatable bonds is 5. The zero-order chi connectivity index (χ0) is 22.1. The first kappa shape index (κ1) is 20.6. The second kappa shape index (κ2) is 8.23. The van der Waals surface area contributed by atoms with Gasteiger partial charge in [-0.25, -0.2) is 4.39 Å². The van der Waals surface area contributed by atoms with Crippen LogP contribution in [0, 0.1) is 5.82 Å². The van der Waals surface area contributed by atoms with E-state index in [1.807, 2.05) is 0 Å². The van der Waals surface area contributed by atoms with Gasteiger partial charge in [-0.15, -0.1) is 0 Å². The highest BCUT2D eigenvalue weighted by atomic mass is 32.1. The Balaban J connectivity index is 1.68. The number of ether oxygens (including phenoxy) is 1. The van der Waals surface area contributed by atoms with Crippen molar-refractivity contribution in [2.45, 2.75) is 13.5 Å². The second-order valence-electron chi connectivity index (χ2n) is 6.61. The maximum Gasteiger partial charge on any atom is 0.326 e. The highest BCUT2D eigenvalue weighted by Crippen LogP contribution is 2.23. The highest BCUT2D eigenvalue weighted by Gasteiger charge is 2.36. The van der Waals surface area contributed by atoms with Crippen LogP contribution in [0.15, 0.2) is 47.5 Å². The van der Waals surface area contributed by atoms with Crippen LogP contribution in [0.2, 0.25) is 0 Å². The molecule has 0 atom stereocenters. The number of amides is 3. The van der Waals surface area contributed by atoms with Crippen LogP contribution in [0.4, 0.5) is 4.39 Å². The molecule has 0 saturated heterocycles. The summed E-state index contributed by atoms with van der Waals surface area (Å²) in [6.45, 7) is 0.886. The van der Waals surface area contributed by atoms with Gasteiger partial charge < -0.3 is 9.30 Å². The SMILES string of the molecule is CCOC(=O)Cn1c(=NC(=O)CN2C(=O)c3ccccc3C2=O)sc2cccc(F)c21. The fourth-order valence-corrected chi connectivity index (χ4v) is 4.38. The number of hydrogen-bond acceptors (Lipinski definition) is 6. The Bertz CT molecular complexity index is 1270. The molecular formula is C21H16FN3O5S. The van der Waals surface area contributed by atoms with Gasteiger partial charge in [0, 0.05) is 0 Å². The number of para-hydroxylation sites is 1. The number of carbonyl (C=O) groups is 4. The normalized spacial score (nSPS) is 13.7. The Morgan fingerprint density at radius 2 is 1.71 bits per heavy atom. The molecule has 0 aliphatic carbocycles. The van der Waals surface area contributed by atoms with Crippen LogP contribution >= 0.6 is 11.3 Å². The van der Waals surface area contributed by atoms with Gasteiger partial charge in [0.15, 0.2) is 4.80 Å². The van der Waals surface area contributed by atoms with Gasteiger partial charge in [0.1, 0.15) is 18.9 Å². The van der Waals surface area contributed by atoms with Gasteiger partial charge in [-0.3, -0.25) is 24.1 Å². The summed E-state index contributed by atoms with van der Waals surface area (Å²) in [6, 6.07) is 10.7. The number of thiazole rings is 1. The quantitative estimate of drug-likeness (QED) is 0.446. The van der Waals surface area contributed by atoms with Crippen molar-refractivity contribution < 1.29 is 28.3 Å². The third kappa shape index (κ3) is 3.77. The smallest absolute Gasteiger partial charge is 0.326 e. The number of fused-ring (bicyclic) bond motifs is 2. The molecular weight excluding hydrogens is 425 g/mol. The van der Waals surface area contributed by atoms with Gasteiger partial charge in [-0.2, -0.15) is 4.99 Å². The first-order valence-electron chi connectivity index (χ1n) is 9.37. The van der Waals surface area contributed by atoms with Crippen LogP contribution in [-0.4, -0.2) is 46.3 Å². The summed E-state index contributed by atoms with van der Waals surface area (Å²) in [5.41, 5.74) is 0.566. The minimum absolute atomic E-state index is 0.0646. The topological polar surface area (TPSA) is 98.0 Å². The molecule has 2 heterocycles. The van der Waals surface area contributed by atoms with Crippen molar-refractivity contribution in [1.82, 2.24) is 9.47 Å². The number of imide groups is 1. The monoisotopic (exact) mass is 441 g/mol. The molecule has 0 spiro atoms. The molecule has 0 N–H and O–H groups in total. The van der Waals surface area contributed by atoms with E-state index in [0.717, 1.165) is 16.2 Å². The van der Waals surface area contributed by atoms with E-state index in [2.05, 4.69) is 4.99 Å². The van der Waals surface area contributed by atoms with E-state index in [0.29, 0.717) is 4.70 Å². The van der Waals surface area contributed by atoms with E-state index in [1.54, 1.807) is 25.1 Å². The molecule has 0 radical (unpaired) electrons. The van der Waals surface area contributed by atoms with Crippen LogP contribution in [0.5, 0.6) is 0 Å². The van der Waals surface area contributed by atoms with Crippen molar-refractivity contribution in [3.63, 3.8) is 0 Å². The number of aromatic nitrogens is 1. The molecule has 10 heteroatoms. The Kier molecular flexibility index (Phi) is 5.47.